The molecule has 144 valence electrons. The van der Waals surface area contributed by atoms with Gasteiger partial charge in [-0.15, -0.1) is 11.3 Å². The fraction of sp³-hybridized carbons (Fsp3) is 0.318. The van der Waals surface area contributed by atoms with Gasteiger partial charge in [0.1, 0.15) is 6.04 Å². The van der Waals surface area contributed by atoms with Crippen LogP contribution in [0.1, 0.15) is 40.7 Å². The van der Waals surface area contributed by atoms with Crippen molar-refractivity contribution in [1.82, 2.24) is 20.2 Å². The summed E-state index contributed by atoms with van der Waals surface area (Å²) in [6.45, 7) is 2.35. The Hall–Kier alpha value is -2.57. The molecule has 0 bridgehead atoms. The number of carbonyl (C=O) groups excluding carboxylic acids is 1. The monoisotopic (exact) mass is 392 g/mol. The van der Waals surface area contributed by atoms with Crippen molar-refractivity contribution >= 4 is 17.2 Å². The van der Waals surface area contributed by atoms with Gasteiger partial charge in [-0.1, -0.05) is 36.4 Å². The van der Waals surface area contributed by atoms with Crippen LogP contribution >= 0.6 is 11.3 Å². The molecule has 3 aromatic rings. The number of hydrogen-bond acceptors (Lipinski definition) is 5. The molecule has 3 heterocycles. The van der Waals surface area contributed by atoms with E-state index in [1.54, 1.807) is 23.7 Å². The van der Waals surface area contributed by atoms with Crippen LogP contribution in [0.25, 0.3) is 0 Å². The molecule has 1 amide bonds. The van der Waals surface area contributed by atoms with Crippen molar-refractivity contribution in [3.05, 3.63) is 82.1 Å². The minimum absolute atomic E-state index is 0.0208. The zero-order chi connectivity index (χ0) is 19.2. The number of nitrogens with one attached hydrogen (secondary N) is 1. The second kappa shape index (κ2) is 9.08. The van der Waals surface area contributed by atoms with E-state index in [0.29, 0.717) is 6.54 Å². The highest BCUT2D eigenvalue weighted by Crippen LogP contribution is 2.25. The van der Waals surface area contributed by atoms with Crippen LogP contribution in [0.3, 0.4) is 0 Å². The average molecular weight is 393 g/mol. The fourth-order valence-corrected chi connectivity index (χ4v) is 4.45. The Balaban J connectivity index is 1.40. The molecule has 1 unspecified atom stereocenters. The van der Waals surface area contributed by atoms with E-state index in [-0.39, 0.29) is 11.9 Å². The molecule has 1 aliphatic heterocycles. The van der Waals surface area contributed by atoms with Gasteiger partial charge in [0.15, 0.2) is 0 Å². The van der Waals surface area contributed by atoms with E-state index < -0.39 is 0 Å². The van der Waals surface area contributed by atoms with E-state index in [1.165, 1.54) is 5.56 Å². The number of thiazole rings is 1. The molecule has 1 saturated heterocycles. The first-order valence-corrected chi connectivity index (χ1v) is 10.6. The number of amides is 1. The van der Waals surface area contributed by atoms with Gasteiger partial charge in [-0.2, -0.15) is 0 Å². The van der Waals surface area contributed by atoms with Gasteiger partial charge in [0.05, 0.1) is 17.2 Å². The summed E-state index contributed by atoms with van der Waals surface area (Å²) in [6.07, 6.45) is 6.64. The van der Waals surface area contributed by atoms with Crippen LogP contribution in [0.2, 0.25) is 0 Å². The summed E-state index contributed by atoms with van der Waals surface area (Å²) in [7, 11) is 0. The third kappa shape index (κ3) is 4.64. The lowest BCUT2D eigenvalue weighted by atomic mass is 10.1. The Morgan fingerprint density at radius 3 is 2.71 bits per heavy atom. The molecule has 1 N–H and O–H groups in total. The maximum absolute atomic E-state index is 13.0. The summed E-state index contributed by atoms with van der Waals surface area (Å²) in [6, 6.07) is 13.9. The molecule has 0 saturated carbocycles. The average Bonchev–Trinajstić information content (AvgIpc) is 3.41. The van der Waals surface area contributed by atoms with Crippen molar-refractivity contribution < 1.29 is 4.79 Å². The molecule has 1 atom stereocenters. The molecular formula is C22H24N4OS. The van der Waals surface area contributed by atoms with Crippen LogP contribution in [0.5, 0.6) is 0 Å². The maximum atomic E-state index is 13.0. The van der Waals surface area contributed by atoms with E-state index >= 15 is 0 Å². The lowest BCUT2D eigenvalue weighted by Crippen LogP contribution is -2.39. The Morgan fingerprint density at radius 1 is 1.14 bits per heavy atom. The zero-order valence-corrected chi connectivity index (χ0v) is 16.6. The number of likely N-dealkylation sites (tertiary alicyclic amines) is 1. The van der Waals surface area contributed by atoms with Gasteiger partial charge in [0.25, 0.3) is 0 Å². The van der Waals surface area contributed by atoms with Crippen LogP contribution in [-0.4, -0.2) is 33.9 Å². The quantitative estimate of drug-likeness (QED) is 0.668. The van der Waals surface area contributed by atoms with E-state index in [0.717, 1.165) is 48.6 Å². The lowest BCUT2D eigenvalue weighted by Gasteiger charge is -2.26. The van der Waals surface area contributed by atoms with Crippen LogP contribution in [0.4, 0.5) is 0 Å². The van der Waals surface area contributed by atoms with Crippen LogP contribution in [0, 0.1) is 0 Å². The molecule has 5 nitrogen and oxygen atoms in total. The number of benzene rings is 1. The molecule has 28 heavy (non-hydrogen) atoms. The summed E-state index contributed by atoms with van der Waals surface area (Å²) >= 11 is 1.64. The van der Waals surface area contributed by atoms with E-state index in [2.05, 4.69) is 32.3 Å². The zero-order valence-electron chi connectivity index (χ0n) is 15.8. The Kier molecular flexibility index (Phi) is 6.09. The number of nitrogens with zero attached hydrogens (tertiary/aromatic N) is 3. The van der Waals surface area contributed by atoms with Crippen LogP contribution in [-0.2, 0) is 17.8 Å². The largest absolute Gasteiger partial charge is 0.349 e. The van der Waals surface area contributed by atoms with Gasteiger partial charge in [0, 0.05) is 24.2 Å². The van der Waals surface area contributed by atoms with Gasteiger partial charge >= 0.3 is 0 Å². The number of hydrogen-bond donors (Lipinski definition) is 1. The highest BCUT2D eigenvalue weighted by molar-refractivity contribution is 7.09. The van der Waals surface area contributed by atoms with Crippen molar-refractivity contribution in [2.75, 3.05) is 13.1 Å². The maximum Gasteiger partial charge on any atom is 0.242 e. The summed E-state index contributed by atoms with van der Waals surface area (Å²) in [4.78, 5) is 24.1. The van der Waals surface area contributed by atoms with Gasteiger partial charge in [-0.3, -0.25) is 14.7 Å². The molecule has 1 aliphatic rings. The third-order valence-corrected chi connectivity index (χ3v) is 5.89. The molecule has 4 rings (SSSR count). The fourth-order valence-electron chi connectivity index (χ4n) is 3.62. The van der Waals surface area contributed by atoms with Gasteiger partial charge in [0.2, 0.25) is 5.91 Å². The number of carbonyl (C=O) groups is 1. The molecule has 0 spiro atoms. The molecule has 0 aliphatic carbocycles. The number of rotatable bonds is 7. The highest BCUT2D eigenvalue weighted by Gasteiger charge is 2.29. The first-order chi connectivity index (χ1) is 13.8. The van der Waals surface area contributed by atoms with Gasteiger partial charge in [-0.05, 0) is 43.1 Å². The Bertz CT molecular complexity index is 891. The van der Waals surface area contributed by atoms with Crippen molar-refractivity contribution in [3.8, 4) is 0 Å². The van der Waals surface area contributed by atoms with Crippen molar-refractivity contribution in [2.45, 2.75) is 31.8 Å². The first-order valence-electron chi connectivity index (χ1n) is 9.68. The molecule has 1 fully saturated rings. The molecule has 0 radical (unpaired) electrons. The van der Waals surface area contributed by atoms with Crippen molar-refractivity contribution in [3.63, 3.8) is 0 Å². The van der Waals surface area contributed by atoms with E-state index in [4.69, 9.17) is 0 Å². The SMILES string of the molecule is O=C(NCc1csc(Cc2ccccc2)n1)C(c1cccnc1)N1CCCC1. The molecule has 6 heteroatoms. The summed E-state index contributed by atoms with van der Waals surface area (Å²) in [5.41, 5.74) is 3.11. The van der Waals surface area contributed by atoms with Gasteiger partial charge in [-0.25, -0.2) is 4.98 Å². The highest BCUT2D eigenvalue weighted by atomic mass is 32.1. The van der Waals surface area contributed by atoms with Crippen LogP contribution in [0.15, 0.2) is 60.2 Å². The predicted molar refractivity (Wildman–Crippen MR) is 111 cm³/mol. The van der Waals surface area contributed by atoms with E-state index in [1.807, 2.05) is 35.7 Å². The second-order valence-electron chi connectivity index (χ2n) is 7.04. The van der Waals surface area contributed by atoms with E-state index in [9.17, 15) is 4.79 Å². The number of pyridine rings is 1. The normalized spacial score (nSPS) is 15.4. The third-order valence-electron chi connectivity index (χ3n) is 5.00. The minimum Gasteiger partial charge on any atom is -0.349 e. The Morgan fingerprint density at radius 2 is 1.96 bits per heavy atom. The smallest absolute Gasteiger partial charge is 0.242 e. The first kappa shape index (κ1) is 18.8. The summed E-state index contributed by atoms with van der Waals surface area (Å²) < 4.78 is 0. The molecular weight excluding hydrogens is 368 g/mol. The van der Waals surface area contributed by atoms with Gasteiger partial charge < -0.3 is 5.32 Å². The lowest BCUT2D eigenvalue weighted by molar-refractivity contribution is -0.126. The Labute approximate surface area is 169 Å². The van der Waals surface area contributed by atoms with Crippen molar-refractivity contribution in [2.24, 2.45) is 0 Å². The summed E-state index contributed by atoms with van der Waals surface area (Å²) in [5, 5.41) is 6.19. The van der Waals surface area contributed by atoms with Crippen LogP contribution < -0.4 is 5.32 Å². The second-order valence-corrected chi connectivity index (χ2v) is 7.99. The minimum atomic E-state index is -0.279. The topological polar surface area (TPSA) is 58.1 Å². The number of aromatic nitrogens is 2. The molecule has 2 aromatic heterocycles. The summed E-state index contributed by atoms with van der Waals surface area (Å²) in [5.74, 6) is 0.0208. The standard InChI is InChI=1S/C22H24N4OS/c27-22(21(26-11-4-5-12-26)18-9-6-10-23-14-18)24-15-19-16-28-20(25-19)13-17-7-2-1-3-8-17/h1-3,6-10,14,16,21H,4-5,11-13,15H2,(H,24,27). The van der Waals surface area contributed by atoms with Crippen molar-refractivity contribution in [1.29, 1.82) is 0 Å². The predicted octanol–water partition coefficient (Wildman–Crippen LogP) is 3.58. The molecule has 1 aromatic carbocycles.